The summed E-state index contributed by atoms with van der Waals surface area (Å²) in [5.74, 6) is 2.00. The van der Waals surface area contributed by atoms with Crippen LogP contribution in [0.3, 0.4) is 0 Å². The van der Waals surface area contributed by atoms with Crippen molar-refractivity contribution in [1.82, 2.24) is 14.9 Å². The van der Waals surface area contributed by atoms with Crippen molar-refractivity contribution in [2.45, 2.75) is 45.3 Å². The molecule has 3 heterocycles. The van der Waals surface area contributed by atoms with Crippen LogP contribution in [0.25, 0.3) is 0 Å². The minimum atomic E-state index is -0.00641. The number of anilines is 1. The van der Waals surface area contributed by atoms with Gasteiger partial charge in [0.1, 0.15) is 23.5 Å². The maximum absolute atomic E-state index is 11.9. The molecule has 156 valence electrons. The summed E-state index contributed by atoms with van der Waals surface area (Å²) in [7, 11) is 0. The molecule has 2 aliphatic heterocycles. The number of hydrogen-bond acceptors (Lipinski definition) is 6. The molecule has 0 radical (unpaired) electrons. The van der Waals surface area contributed by atoms with Crippen LogP contribution < -0.4 is 9.64 Å². The molecule has 2 aromatic rings. The SMILES string of the molecule is CCC(=O)N1CCN(c2cc(C3=NCc4ccc(OC5(C)CC5)cc43)ncn2)CC1. The van der Waals surface area contributed by atoms with Crippen molar-refractivity contribution >= 4 is 17.4 Å². The maximum Gasteiger partial charge on any atom is 0.222 e. The van der Waals surface area contributed by atoms with Gasteiger partial charge in [-0.15, -0.1) is 0 Å². The number of carbonyl (C=O) groups excluding carboxylic acids is 1. The largest absolute Gasteiger partial charge is 0.488 e. The first kappa shape index (κ1) is 19.0. The summed E-state index contributed by atoms with van der Waals surface area (Å²) in [5.41, 5.74) is 4.03. The Bertz CT molecular complexity index is 1010. The number of hydrogen-bond donors (Lipinski definition) is 0. The van der Waals surface area contributed by atoms with Crippen molar-refractivity contribution in [3.63, 3.8) is 0 Å². The van der Waals surface area contributed by atoms with Crippen molar-refractivity contribution in [2.24, 2.45) is 4.99 Å². The summed E-state index contributed by atoms with van der Waals surface area (Å²) >= 11 is 0. The van der Waals surface area contributed by atoms with Crippen molar-refractivity contribution < 1.29 is 9.53 Å². The fourth-order valence-corrected chi connectivity index (χ4v) is 4.07. The Hall–Kier alpha value is -2.96. The predicted octanol–water partition coefficient (Wildman–Crippen LogP) is 2.82. The standard InChI is InChI=1S/C23H27N5O2/c1-3-21(29)28-10-8-27(9-11-28)20-13-19(25-15-26-20)22-18-12-17(30-23(2)6-7-23)5-4-16(18)14-24-22/h4-5,12-13,15H,3,6-11,14H2,1-2H3. The number of aromatic nitrogens is 2. The molecule has 7 nitrogen and oxygen atoms in total. The second-order valence-corrected chi connectivity index (χ2v) is 8.52. The van der Waals surface area contributed by atoms with Gasteiger partial charge < -0.3 is 14.5 Å². The summed E-state index contributed by atoms with van der Waals surface area (Å²) in [6, 6.07) is 8.27. The number of benzene rings is 1. The minimum Gasteiger partial charge on any atom is -0.488 e. The summed E-state index contributed by atoms with van der Waals surface area (Å²) < 4.78 is 6.15. The van der Waals surface area contributed by atoms with Gasteiger partial charge in [-0.3, -0.25) is 9.79 Å². The molecule has 2 fully saturated rings. The first-order valence-electron chi connectivity index (χ1n) is 10.8. The number of ether oxygens (including phenoxy) is 1. The number of piperazine rings is 1. The molecule has 3 aliphatic rings. The molecule has 0 bridgehead atoms. The third kappa shape index (κ3) is 3.64. The first-order chi connectivity index (χ1) is 14.5. The third-order valence-corrected chi connectivity index (χ3v) is 6.22. The van der Waals surface area contributed by atoms with Gasteiger partial charge in [0, 0.05) is 44.2 Å². The minimum absolute atomic E-state index is 0.00641. The van der Waals surface area contributed by atoms with Crippen molar-refractivity contribution in [3.8, 4) is 5.75 Å². The second-order valence-electron chi connectivity index (χ2n) is 8.52. The number of aliphatic imine (C=N–C) groups is 1. The van der Waals surface area contributed by atoms with E-state index in [0.717, 1.165) is 67.6 Å². The van der Waals surface area contributed by atoms with Gasteiger partial charge in [0.05, 0.1) is 18.0 Å². The number of nitrogens with zero attached hydrogens (tertiary/aromatic N) is 5. The Kier molecular flexibility index (Phi) is 4.68. The number of amides is 1. The molecule has 7 heteroatoms. The van der Waals surface area contributed by atoms with E-state index >= 15 is 0 Å². The molecule has 0 spiro atoms. The predicted molar refractivity (Wildman–Crippen MR) is 115 cm³/mol. The van der Waals surface area contributed by atoms with Crippen LogP contribution in [0, 0.1) is 0 Å². The Morgan fingerprint density at radius 3 is 2.67 bits per heavy atom. The monoisotopic (exact) mass is 405 g/mol. The van der Waals surface area contributed by atoms with Crippen LogP contribution in [0.4, 0.5) is 5.82 Å². The van der Waals surface area contributed by atoms with Gasteiger partial charge in [-0.2, -0.15) is 0 Å². The van der Waals surface area contributed by atoms with Gasteiger partial charge in [-0.1, -0.05) is 13.0 Å². The molecule has 1 amide bonds. The average molecular weight is 406 g/mol. The van der Waals surface area contributed by atoms with E-state index in [0.29, 0.717) is 13.0 Å². The topological polar surface area (TPSA) is 70.9 Å². The van der Waals surface area contributed by atoms with E-state index in [1.54, 1.807) is 6.33 Å². The van der Waals surface area contributed by atoms with Crippen LogP contribution >= 0.6 is 0 Å². The molecule has 1 aliphatic carbocycles. The van der Waals surface area contributed by atoms with Crippen molar-refractivity contribution in [1.29, 1.82) is 0 Å². The highest BCUT2D eigenvalue weighted by molar-refractivity contribution is 6.14. The molecule has 5 rings (SSSR count). The molecular formula is C23H27N5O2. The second kappa shape index (κ2) is 7.38. The first-order valence-corrected chi connectivity index (χ1v) is 10.8. The van der Waals surface area contributed by atoms with E-state index in [1.807, 2.05) is 24.0 Å². The van der Waals surface area contributed by atoms with E-state index in [2.05, 4.69) is 33.9 Å². The van der Waals surface area contributed by atoms with Gasteiger partial charge in [0.25, 0.3) is 0 Å². The van der Waals surface area contributed by atoms with Crippen molar-refractivity contribution in [3.05, 3.63) is 47.4 Å². The van der Waals surface area contributed by atoms with Gasteiger partial charge in [0.2, 0.25) is 5.91 Å². The number of carbonyl (C=O) groups is 1. The molecule has 1 saturated heterocycles. The van der Waals surface area contributed by atoms with Crippen LogP contribution in [0.5, 0.6) is 5.75 Å². The lowest BCUT2D eigenvalue weighted by atomic mass is 10.0. The summed E-state index contributed by atoms with van der Waals surface area (Å²) in [6.45, 7) is 7.75. The zero-order valence-electron chi connectivity index (χ0n) is 17.6. The molecule has 1 saturated carbocycles. The molecule has 0 N–H and O–H groups in total. The van der Waals surface area contributed by atoms with Gasteiger partial charge >= 0.3 is 0 Å². The van der Waals surface area contributed by atoms with E-state index in [4.69, 9.17) is 9.73 Å². The van der Waals surface area contributed by atoms with Crippen LogP contribution in [-0.4, -0.2) is 58.3 Å². The van der Waals surface area contributed by atoms with Crippen LogP contribution in [0.15, 0.2) is 35.6 Å². The van der Waals surface area contributed by atoms with Crippen LogP contribution in [0.1, 0.15) is 49.9 Å². The fourth-order valence-electron chi connectivity index (χ4n) is 4.07. The van der Waals surface area contributed by atoms with Crippen LogP contribution in [-0.2, 0) is 11.3 Å². The number of rotatable bonds is 5. The van der Waals surface area contributed by atoms with Gasteiger partial charge in [-0.25, -0.2) is 9.97 Å². The van der Waals surface area contributed by atoms with Gasteiger partial charge in [0.15, 0.2) is 0 Å². The number of fused-ring (bicyclic) bond motifs is 1. The lowest BCUT2D eigenvalue weighted by molar-refractivity contribution is -0.131. The third-order valence-electron chi connectivity index (χ3n) is 6.22. The molecule has 1 aromatic heterocycles. The average Bonchev–Trinajstić information content (AvgIpc) is 3.35. The van der Waals surface area contributed by atoms with Crippen LogP contribution in [0.2, 0.25) is 0 Å². The molecule has 0 unspecified atom stereocenters. The van der Waals surface area contributed by atoms with Gasteiger partial charge in [-0.05, 0) is 37.5 Å². The summed E-state index contributed by atoms with van der Waals surface area (Å²) in [4.78, 5) is 29.8. The Labute approximate surface area is 176 Å². The summed E-state index contributed by atoms with van der Waals surface area (Å²) in [6.07, 6.45) is 4.39. The van der Waals surface area contributed by atoms with E-state index in [1.165, 1.54) is 5.56 Å². The smallest absolute Gasteiger partial charge is 0.222 e. The normalized spacial score (nSPS) is 19.3. The Balaban J connectivity index is 1.35. The quantitative estimate of drug-likeness (QED) is 0.765. The highest BCUT2D eigenvalue weighted by atomic mass is 16.5. The molecular weight excluding hydrogens is 378 g/mol. The van der Waals surface area contributed by atoms with Crippen molar-refractivity contribution in [2.75, 3.05) is 31.1 Å². The zero-order chi connectivity index (χ0) is 20.7. The lowest BCUT2D eigenvalue weighted by Crippen LogP contribution is -2.48. The maximum atomic E-state index is 11.9. The molecule has 0 atom stereocenters. The Morgan fingerprint density at radius 1 is 1.13 bits per heavy atom. The highest BCUT2D eigenvalue weighted by Crippen LogP contribution is 2.40. The van der Waals surface area contributed by atoms with E-state index < -0.39 is 0 Å². The lowest BCUT2D eigenvalue weighted by Gasteiger charge is -2.35. The van der Waals surface area contributed by atoms with E-state index in [9.17, 15) is 4.79 Å². The zero-order valence-corrected chi connectivity index (χ0v) is 17.6. The fraction of sp³-hybridized carbons (Fsp3) is 0.478. The molecule has 30 heavy (non-hydrogen) atoms. The highest BCUT2D eigenvalue weighted by Gasteiger charge is 2.40. The Morgan fingerprint density at radius 2 is 1.93 bits per heavy atom. The van der Waals surface area contributed by atoms with E-state index in [-0.39, 0.29) is 11.5 Å². The molecule has 1 aromatic carbocycles. The summed E-state index contributed by atoms with van der Waals surface area (Å²) in [5, 5.41) is 0.